The SMILES string of the molecule is C[C@@H](NC(=O)[C@@H]1CCNC1)c1cnc(OCC(F)(F)F)s1. The molecule has 1 aliphatic heterocycles. The van der Waals surface area contributed by atoms with Gasteiger partial charge in [0.2, 0.25) is 5.91 Å². The zero-order chi connectivity index (χ0) is 15.5. The molecule has 1 amide bonds. The van der Waals surface area contributed by atoms with Gasteiger partial charge in [0.25, 0.3) is 5.19 Å². The predicted molar refractivity (Wildman–Crippen MR) is 71.2 cm³/mol. The minimum atomic E-state index is -4.39. The second kappa shape index (κ2) is 6.61. The van der Waals surface area contributed by atoms with Crippen molar-refractivity contribution in [3.63, 3.8) is 0 Å². The van der Waals surface area contributed by atoms with Crippen LogP contribution in [0.15, 0.2) is 6.20 Å². The van der Waals surface area contributed by atoms with Crippen molar-refractivity contribution in [3.05, 3.63) is 11.1 Å². The normalized spacial score (nSPS) is 20.3. The van der Waals surface area contributed by atoms with Gasteiger partial charge in [0, 0.05) is 12.7 Å². The van der Waals surface area contributed by atoms with Crippen LogP contribution < -0.4 is 15.4 Å². The number of halogens is 3. The van der Waals surface area contributed by atoms with Crippen molar-refractivity contribution in [1.82, 2.24) is 15.6 Å². The maximum absolute atomic E-state index is 12.0. The Balaban J connectivity index is 1.86. The van der Waals surface area contributed by atoms with E-state index in [1.807, 2.05) is 0 Å². The van der Waals surface area contributed by atoms with Crippen molar-refractivity contribution in [2.24, 2.45) is 5.92 Å². The number of nitrogens with one attached hydrogen (secondary N) is 2. The number of nitrogens with zero attached hydrogens (tertiary/aromatic N) is 1. The number of alkyl halides is 3. The van der Waals surface area contributed by atoms with Crippen LogP contribution in [0, 0.1) is 5.92 Å². The molecule has 0 saturated carbocycles. The summed E-state index contributed by atoms with van der Waals surface area (Å²) in [5.41, 5.74) is 0. The number of thiazole rings is 1. The van der Waals surface area contributed by atoms with Crippen LogP contribution in [-0.4, -0.2) is 36.8 Å². The molecule has 1 saturated heterocycles. The first-order valence-corrected chi connectivity index (χ1v) is 7.33. The summed E-state index contributed by atoms with van der Waals surface area (Å²) in [5, 5.41) is 5.89. The first-order chi connectivity index (χ1) is 9.85. The van der Waals surface area contributed by atoms with Crippen LogP contribution in [0.5, 0.6) is 5.19 Å². The van der Waals surface area contributed by atoms with Gasteiger partial charge in [-0.1, -0.05) is 11.3 Å². The maximum Gasteiger partial charge on any atom is 0.422 e. The van der Waals surface area contributed by atoms with Gasteiger partial charge in [-0.2, -0.15) is 13.2 Å². The third-order valence-corrected chi connectivity index (χ3v) is 4.17. The number of hydrogen-bond donors (Lipinski definition) is 2. The molecule has 2 heterocycles. The van der Waals surface area contributed by atoms with Crippen molar-refractivity contribution < 1.29 is 22.7 Å². The lowest BCUT2D eigenvalue weighted by Crippen LogP contribution is -2.33. The molecule has 1 aliphatic rings. The van der Waals surface area contributed by atoms with E-state index in [-0.39, 0.29) is 23.1 Å². The van der Waals surface area contributed by atoms with Crippen LogP contribution in [0.4, 0.5) is 13.2 Å². The van der Waals surface area contributed by atoms with Crippen molar-refractivity contribution in [1.29, 1.82) is 0 Å². The van der Waals surface area contributed by atoms with E-state index in [2.05, 4.69) is 20.4 Å². The van der Waals surface area contributed by atoms with Crippen molar-refractivity contribution >= 4 is 17.2 Å². The zero-order valence-electron chi connectivity index (χ0n) is 11.4. The van der Waals surface area contributed by atoms with Gasteiger partial charge in [-0.3, -0.25) is 4.79 Å². The molecule has 2 rings (SSSR count). The second-order valence-electron chi connectivity index (χ2n) is 4.85. The first-order valence-electron chi connectivity index (χ1n) is 6.51. The molecule has 0 spiro atoms. The Morgan fingerprint density at radius 3 is 3.05 bits per heavy atom. The molecule has 1 fully saturated rings. The summed E-state index contributed by atoms with van der Waals surface area (Å²) in [6, 6.07) is -0.307. The van der Waals surface area contributed by atoms with Gasteiger partial charge in [0.15, 0.2) is 6.61 Å². The Morgan fingerprint density at radius 2 is 2.43 bits per heavy atom. The van der Waals surface area contributed by atoms with E-state index in [0.717, 1.165) is 24.3 Å². The van der Waals surface area contributed by atoms with Crippen molar-refractivity contribution in [3.8, 4) is 5.19 Å². The smallest absolute Gasteiger partial charge is 0.422 e. The van der Waals surface area contributed by atoms with Gasteiger partial charge in [-0.05, 0) is 19.9 Å². The van der Waals surface area contributed by atoms with Gasteiger partial charge >= 0.3 is 6.18 Å². The highest BCUT2D eigenvalue weighted by Gasteiger charge is 2.29. The van der Waals surface area contributed by atoms with Crippen molar-refractivity contribution in [2.45, 2.75) is 25.6 Å². The van der Waals surface area contributed by atoms with Gasteiger partial charge in [-0.25, -0.2) is 4.98 Å². The molecule has 2 N–H and O–H groups in total. The molecule has 0 unspecified atom stereocenters. The third kappa shape index (κ3) is 4.85. The topological polar surface area (TPSA) is 63.2 Å². The van der Waals surface area contributed by atoms with Crippen LogP contribution in [0.1, 0.15) is 24.3 Å². The lowest BCUT2D eigenvalue weighted by Gasteiger charge is -2.14. The van der Waals surface area contributed by atoms with E-state index in [0.29, 0.717) is 11.4 Å². The Kier molecular flexibility index (Phi) is 5.04. The van der Waals surface area contributed by atoms with Gasteiger partial charge in [-0.15, -0.1) is 0 Å². The average molecular weight is 323 g/mol. The molecule has 0 aliphatic carbocycles. The molecule has 2 atom stereocenters. The molecule has 0 bridgehead atoms. The quantitative estimate of drug-likeness (QED) is 0.868. The number of ether oxygens (including phenoxy) is 1. The Labute approximate surface area is 123 Å². The van der Waals surface area contributed by atoms with Gasteiger partial charge in [0.05, 0.1) is 16.8 Å². The summed E-state index contributed by atoms with van der Waals surface area (Å²) in [6.45, 7) is 1.87. The largest absolute Gasteiger partial charge is 0.460 e. The maximum atomic E-state index is 12.0. The molecule has 0 radical (unpaired) electrons. The summed E-state index contributed by atoms with van der Waals surface area (Å²) >= 11 is 1.00. The van der Waals surface area contributed by atoms with E-state index in [4.69, 9.17) is 0 Å². The molecule has 118 valence electrons. The van der Waals surface area contributed by atoms with Crippen LogP contribution in [0.2, 0.25) is 0 Å². The van der Waals surface area contributed by atoms with E-state index in [1.165, 1.54) is 6.20 Å². The summed E-state index contributed by atoms with van der Waals surface area (Å²) in [5.74, 6) is -0.111. The number of rotatable bonds is 5. The number of carbonyl (C=O) groups is 1. The molecule has 5 nitrogen and oxygen atoms in total. The summed E-state index contributed by atoms with van der Waals surface area (Å²) < 4.78 is 40.7. The van der Waals surface area contributed by atoms with Crippen LogP contribution in [-0.2, 0) is 4.79 Å². The Bertz CT molecular complexity index is 486. The summed E-state index contributed by atoms with van der Waals surface area (Å²) in [7, 11) is 0. The number of carbonyl (C=O) groups excluding carboxylic acids is 1. The average Bonchev–Trinajstić information content (AvgIpc) is 3.07. The number of amides is 1. The van der Waals surface area contributed by atoms with E-state index >= 15 is 0 Å². The van der Waals surface area contributed by atoms with E-state index in [1.54, 1.807) is 6.92 Å². The van der Waals surface area contributed by atoms with Crippen LogP contribution >= 0.6 is 11.3 Å². The minimum absolute atomic E-state index is 0.0500. The fourth-order valence-corrected chi connectivity index (χ4v) is 2.73. The minimum Gasteiger partial charge on any atom is -0.460 e. The third-order valence-electron chi connectivity index (χ3n) is 3.08. The highest BCUT2D eigenvalue weighted by atomic mass is 32.1. The molecule has 0 aromatic carbocycles. The van der Waals surface area contributed by atoms with E-state index < -0.39 is 12.8 Å². The zero-order valence-corrected chi connectivity index (χ0v) is 12.2. The lowest BCUT2D eigenvalue weighted by molar-refractivity contribution is -0.153. The standard InChI is InChI=1S/C12H16F3N3O2S/c1-7(18-10(19)8-2-3-16-4-8)9-5-17-11(21-9)20-6-12(13,14)15/h5,7-8,16H,2-4,6H2,1H3,(H,18,19)/t7-,8-/m1/s1. The first kappa shape index (κ1) is 16.0. The van der Waals surface area contributed by atoms with Gasteiger partial charge < -0.3 is 15.4 Å². The van der Waals surface area contributed by atoms with Crippen molar-refractivity contribution in [2.75, 3.05) is 19.7 Å². The fourth-order valence-electron chi connectivity index (χ4n) is 1.96. The lowest BCUT2D eigenvalue weighted by atomic mass is 10.1. The summed E-state index contributed by atoms with van der Waals surface area (Å²) in [4.78, 5) is 16.4. The van der Waals surface area contributed by atoms with Crippen LogP contribution in [0.3, 0.4) is 0 Å². The van der Waals surface area contributed by atoms with E-state index in [9.17, 15) is 18.0 Å². The molecule has 9 heteroatoms. The molecular formula is C12H16F3N3O2S. The highest BCUT2D eigenvalue weighted by molar-refractivity contribution is 7.13. The Hall–Kier alpha value is -1.35. The number of aromatic nitrogens is 1. The second-order valence-corrected chi connectivity index (χ2v) is 5.88. The van der Waals surface area contributed by atoms with Crippen LogP contribution in [0.25, 0.3) is 0 Å². The van der Waals surface area contributed by atoms with Gasteiger partial charge in [0.1, 0.15) is 0 Å². The monoisotopic (exact) mass is 323 g/mol. The number of hydrogen-bond acceptors (Lipinski definition) is 5. The molecule has 1 aromatic rings. The Morgan fingerprint density at radius 1 is 1.67 bits per heavy atom. The molecule has 1 aromatic heterocycles. The summed E-state index contributed by atoms with van der Waals surface area (Å²) in [6.07, 6.45) is -2.17. The molecular weight excluding hydrogens is 307 g/mol. The fraction of sp³-hybridized carbons (Fsp3) is 0.667. The molecule has 21 heavy (non-hydrogen) atoms. The predicted octanol–water partition coefficient (Wildman–Crippen LogP) is 1.87. The highest BCUT2D eigenvalue weighted by Crippen LogP contribution is 2.27.